The minimum atomic E-state index is -1.55. The van der Waals surface area contributed by atoms with Crippen LogP contribution in [-0.2, 0) is 4.79 Å². The van der Waals surface area contributed by atoms with Gasteiger partial charge < -0.3 is 15.4 Å². The van der Waals surface area contributed by atoms with Gasteiger partial charge in [-0.1, -0.05) is 18.2 Å². The van der Waals surface area contributed by atoms with Crippen LogP contribution in [0, 0.1) is 0 Å². The van der Waals surface area contributed by atoms with E-state index in [-0.39, 0.29) is 0 Å². The summed E-state index contributed by atoms with van der Waals surface area (Å²) in [6.45, 7) is 0. The predicted molar refractivity (Wildman–Crippen MR) is 57.9 cm³/mol. The van der Waals surface area contributed by atoms with Gasteiger partial charge in [-0.15, -0.1) is 0 Å². The molecule has 15 heavy (non-hydrogen) atoms. The minimum absolute atomic E-state index is 0.353. The van der Waals surface area contributed by atoms with Crippen molar-refractivity contribution < 1.29 is 14.8 Å². The monoisotopic (exact) mass is 205 g/mol. The molecule has 1 fully saturated rings. The topological polar surface area (TPSA) is 69.6 Å². The number of rotatable bonds is 4. The molecule has 1 saturated carbocycles. The zero-order valence-corrected chi connectivity index (χ0v) is 8.18. The highest BCUT2D eigenvalue weighted by atomic mass is 16.4. The number of hydrogen-bond donors (Lipinski definition) is 3. The van der Waals surface area contributed by atoms with E-state index >= 15 is 0 Å². The Kier molecular flexibility index (Phi) is 2.75. The van der Waals surface area contributed by atoms with Crippen LogP contribution in [0.25, 0.3) is 0 Å². The molecule has 0 aromatic heterocycles. The van der Waals surface area contributed by atoms with Gasteiger partial charge in [0.2, 0.25) is 6.41 Å². The van der Waals surface area contributed by atoms with E-state index in [2.05, 4.69) is 5.32 Å². The number of carbonyl (C=O) groups excluding carboxylic acids is 1. The van der Waals surface area contributed by atoms with Crippen molar-refractivity contribution in [2.24, 2.45) is 0 Å². The highest BCUT2D eigenvalue weighted by Gasteiger charge is 2.28. The molecule has 0 atom stereocenters. The van der Waals surface area contributed by atoms with E-state index in [0.29, 0.717) is 23.5 Å². The number of benzene rings is 1. The summed E-state index contributed by atoms with van der Waals surface area (Å²) in [5.41, 5.74) is 1.89. The Balaban J connectivity index is 2.44. The maximum Gasteiger partial charge on any atom is 0.490 e. The zero-order valence-electron chi connectivity index (χ0n) is 8.18. The van der Waals surface area contributed by atoms with Crippen molar-refractivity contribution in [2.45, 2.75) is 18.8 Å². The summed E-state index contributed by atoms with van der Waals surface area (Å²) in [4.78, 5) is 10.5. The van der Waals surface area contributed by atoms with Crippen LogP contribution in [0.1, 0.15) is 24.3 Å². The Labute approximate surface area is 88.1 Å². The number of carbonyl (C=O) groups is 1. The fourth-order valence-electron chi connectivity index (χ4n) is 1.76. The van der Waals surface area contributed by atoms with Crippen LogP contribution >= 0.6 is 0 Å². The molecule has 0 aliphatic heterocycles. The Hall–Kier alpha value is -1.33. The van der Waals surface area contributed by atoms with E-state index in [1.807, 2.05) is 6.07 Å². The summed E-state index contributed by atoms with van der Waals surface area (Å²) in [5.74, 6) is 0.450. The summed E-state index contributed by atoms with van der Waals surface area (Å²) >= 11 is 0. The van der Waals surface area contributed by atoms with E-state index in [0.717, 1.165) is 18.4 Å². The molecule has 1 aromatic carbocycles. The maximum atomic E-state index is 10.5. The fourth-order valence-corrected chi connectivity index (χ4v) is 1.76. The first-order valence-corrected chi connectivity index (χ1v) is 4.93. The third-order valence-corrected chi connectivity index (χ3v) is 2.63. The molecule has 0 spiro atoms. The second kappa shape index (κ2) is 4.04. The summed E-state index contributed by atoms with van der Waals surface area (Å²) in [6.07, 6.45) is 2.75. The molecule has 0 saturated heterocycles. The van der Waals surface area contributed by atoms with Gasteiger partial charge in [-0.05, 0) is 24.3 Å². The van der Waals surface area contributed by atoms with Crippen LogP contribution in [0.4, 0.5) is 5.69 Å². The lowest BCUT2D eigenvalue weighted by atomic mass is 9.77. The van der Waals surface area contributed by atoms with Crippen molar-refractivity contribution in [1.82, 2.24) is 0 Å². The normalized spacial score (nSPS) is 14.8. The third kappa shape index (κ3) is 2.03. The van der Waals surface area contributed by atoms with Crippen LogP contribution < -0.4 is 10.8 Å². The molecular weight excluding hydrogens is 193 g/mol. The van der Waals surface area contributed by atoms with Crippen LogP contribution in [0.3, 0.4) is 0 Å². The van der Waals surface area contributed by atoms with Gasteiger partial charge in [0.15, 0.2) is 0 Å². The van der Waals surface area contributed by atoms with E-state index in [1.54, 1.807) is 12.1 Å². The second-order valence-electron chi connectivity index (χ2n) is 3.72. The molecule has 4 nitrogen and oxygen atoms in total. The largest absolute Gasteiger partial charge is 0.490 e. The average molecular weight is 205 g/mol. The van der Waals surface area contributed by atoms with Gasteiger partial charge in [-0.2, -0.15) is 0 Å². The molecule has 1 aromatic rings. The average Bonchev–Trinajstić information content (AvgIpc) is 3.01. The van der Waals surface area contributed by atoms with Gasteiger partial charge in [-0.3, -0.25) is 4.79 Å². The van der Waals surface area contributed by atoms with Crippen molar-refractivity contribution in [1.29, 1.82) is 0 Å². The molecule has 1 amide bonds. The van der Waals surface area contributed by atoms with Crippen LogP contribution in [-0.4, -0.2) is 23.6 Å². The highest BCUT2D eigenvalue weighted by molar-refractivity contribution is 6.60. The quantitative estimate of drug-likeness (QED) is 0.471. The molecule has 1 aliphatic carbocycles. The SMILES string of the molecule is O=CNc1c(B(O)O)cccc1C1CC1. The van der Waals surface area contributed by atoms with Crippen molar-refractivity contribution in [3.8, 4) is 0 Å². The van der Waals surface area contributed by atoms with Crippen molar-refractivity contribution in [3.63, 3.8) is 0 Å². The smallest absolute Gasteiger partial charge is 0.423 e. The molecule has 2 rings (SSSR count). The van der Waals surface area contributed by atoms with Crippen LogP contribution in [0.15, 0.2) is 18.2 Å². The molecule has 0 bridgehead atoms. The number of hydrogen-bond acceptors (Lipinski definition) is 3. The first kappa shape index (κ1) is 10.2. The van der Waals surface area contributed by atoms with E-state index in [9.17, 15) is 4.79 Å². The molecular formula is C10H12BNO3. The van der Waals surface area contributed by atoms with Crippen LogP contribution in [0.2, 0.25) is 0 Å². The van der Waals surface area contributed by atoms with Gasteiger partial charge in [0.05, 0.1) is 0 Å². The van der Waals surface area contributed by atoms with E-state index < -0.39 is 7.12 Å². The number of amides is 1. The Morgan fingerprint density at radius 1 is 1.40 bits per heavy atom. The van der Waals surface area contributed by atoms with E-state index in [4.69, 9.17) is 10.0 Å². The molecule has 1 aliphatic rings. The highest BCUT2D eigenvalue weighted by Crippen LogP contribution is 2.42. The third-order valence-electron chi connectivity index (χ3n) is 2.63. The predicted octanol–water partition coefficient (Wildman–Crippen LogP) is -0.188. The fraction of sp³-hybridized carbons (Fsp3) is 0.300. The van der Waals surface area contributed by atoms with Gasteiger partial charge in [0.25, 0.3) is 0 Å². The number of para-hydroxylation sites is 1. The first-order chi connectivity index (χ1) is 7.24. The lowest BCUT2D eigenvalue weighted by Crippen LogP contribution is -2.33. The van der Waals surface area contributed by atoms with Crippen LogP contribution in [0.5, 0.6) is 0 Å². The summed E-state index contributed by atoms with van der Waals surface area (Å²) in [7, 11) is -1.55. The zero-order chi connectivity index (χ0) is 10.8. The Morgan fingerprint density at radius 3 is 2.67 bits per heavy atom. The first-order valence-electron chi connectivity index (χ1n) is 4.93. The minimum Gasteiger partial charge on any atom is -0.423 e. The van der Waals surface area contributed by atoms with Crippen molar-refractivity contribution in [3.05, 3.63) is 23.8 Å². The molecule has 0 radical (unpaired) electrons. The summed E-state index contributed by atoms with van der Waals surface area (Å²) in [6, 6.07) is 5.29. The molecule has 3 N–H and O–H groups in total. The van der Waals surface area contributed by atoms with Gasteiger partial charge in [0.1, 0.15) is 0 Å². The van der Waals surface area contributed by atoms with Gasteiger partial charge in [-0.25, -0.2) is 0 Å². The van der Waals surface area contributed by atoms with Gasteiger partial charge in [0, 0.05) is 11.2 Å². The lowest BCUT2D eigenvalue weighted by molar-refractivity contribution is -0.105. The Bertz CT molecular complexity index is 357. The number of anilines is 1. The second-order valence-corrected chi connectivity index (χ2v) is 3.72. The van der Waals surface area contributed by atoms with Crippen molar-refractivity contribution >= 4 is 24.7 Å². The van der Waals surface area contributed by atoms with Crippen molar-refractivity contribution in [2.75, 3.05) is 5.32 Å². The lowest BCUT2D eigenvalue weighted by Gasteiger charge is -2.12. The maximum absolute atomic E-state index is 10.5. The molecule has 0 heterocycles. The molecule has 78 valence electrons. The summed E-state index contributed by atoms with van der Waals surface area (Å²) < 4.78 is 0. The summed E-state index contributed by atoms with van der Waals surface area (Å²) in [5, 5.41) is 20.9. The van der Waals surface area contributed by atoms with Gasteiger partial charge >= 0.3 is 7.12 Å². The molecule has 0 unspecified atom stereocenters. The Morgan fingerprint density at radius 2 is 2.13 bits per heavy atom. The standard InChI is InChI=1S/C10H12BNO3/c13-6-12-10-8(7-4-5-7)2-1-3-9(10)11(14)15/h1-3,6-7,14-15H,4-5H2,(H,12,13). The number of nitrogens with one attached hydrogen (secondary N) is 1. The van der Waals surface area contributed by atoms with E-state index in [1.165, 1.54) is 0 Å². The molecule has 5 heteroatoms.